The fourth-order valence-electron chi connectivity index (χ4n) is 4.96. The Bertz CT molecular complexity index is 1950. The minimum atomic E-state index is -1.04. The molecule has 0 amide bonds. The number of rotatable bonds is 4. The molecule has 1 aliphatic heterocycles. The zero-order chi connectivity index (χ0) is 29.3. The van der Waals surface area contributed by atoms with E-state index in [1.54, 1.807) is 24.3 Å². The Morgan fingerprint density at radius 2 is 1.59 bits per heavy atom. The standard InChI is InChI=1S/C21H14O5.C12H14N2S/c1-11-2-5-14(17(8-11)21(24)25)20-15-6-3-12(22)9-18(15)26-19-10-13(23)4-7-16(19)20;1-14(2)11-7-3-6-10-9(11)5-4-8-12(10)15-13/h2-10,22H,1H3,(H,24,25);3-8H,13H2,1-2H3. The van der Waals surface area contributed by atoms with E-state index >= 15 is 0 Å². The highest BCUT2D eigenvalue weighted by Crippen LogP contribution is 2.42. The van der Waals surface area contributed by atoms with Gasteiger partial charge in [0.15, 0.2) is 5.43 Å². The number of aryl methyl sites for hydroxylation is 1. The number of aromatic hydroxyl groups is 1. The first-order chi connectivity index (χ1) is 19.7. The fourth-order valence-corrected chi connectivity index (χ4v) is 5.42. The highest BCUT2D eigenvalue weighted by Gasteiger charge is 2.21. The van der Waals surface area contributed by atoms with E-state index in [-0.39, 0.29) is 16.7 Å². The third-order valence-corrected chi connectivity index (χ3v) is 7.43. The van der Waals surface area contributed by atoms with E-state index in [4.69, 9.17) is 9.56 Å². The van der Waals surface area contributed by atoms with Crippen molar-refractivity contribution < 1.29 is 19.4 Å². The number of hydrogen-bond donors (Lipinski definition) is 3. The molecule has 4 aromatic rings. The number of anilines is 1. The van der Waals surface area contributed by atoms with Crippen molar-refractivity contribution in [2.45, 2.75) is 11.8 Å². The first-order valence-electron chi connectivity index (χ1n) is 12.8. The van der Waals surface area contributed by atoms with Crippen LogP contribution in [0.25, 0.3) is 44.2 Å². The van der Waals surface area contributed by atoms with E-state index in [0.717, 1.165) is 10.5 Å². The molecule has 0 unspecified atom stereocenters. The summed E-state index contributed by atoms with van der Waals surface area (Å²) in [5.74, 6) is -0.681. The van der Waals surface area contributed by atoms with Crippen LogP contribution >= 0.6 is 11.9 Å². The summed E-state index contributed by atoms with van der Waals surface area (Å²) in [6, 6.07) is 26.8. The molecule has 2 aliphatic rings. The largest absolute Gasteiger partial charge is 0.508 e. The maximum Gasteiger partial charge on any atom is 0.336 e. The van der Waals surface area contributed by atoms with Crippen molar-refractivity contribution in [1.29, 1.82) is 0 Å². The zero-order valence-corrected chi connectivity index (χ0v) is 23.5. The molecule has 0 fully saturated rings. The van der Waals surface area contributed by atoms with Gasteiger partial charge >= 0.3 is 5.97 Å². The number of benzene rings is 5. The molecule has 1 aliphatic carbocycles. The third kappa shape index (κ3) is 5.48. The van der Waals surface area contributed by atoms with Crippen molar-refractivity contribution in [3.63, 3.8) is 0 Å². The quantitative estimate of drug-likeness (QED) is 0.153. The van der Waals surface area contributed by atoms with Crippen LogP contribution in [0, 0.1) is 6.92 Å². The highest BCUT2D eigenvalue weighted by atomic mass is 32.2. The summed E-state index contributed by atoms with van der Waals surface area (Å²) in [6.07, 6.45) is 0. The molecule has 0 saturated heterocycles. The van der Waals surface area contributed by atoms with Gasteiger partial charge in [0.1, 0.15) is 17.1 Å². The average Bonchev–Trinajstić information content (AvgIpc) is 2.95. The van der Waals surface area contributed by atoms with Crippen molar-refractivity contribution in [2.24, 2.45) is 5.14 Å². The van der Waals surface area contributed by atoms with Crippen LogP contribution in [0.3, 0.4) is 0 Å². The van der Waals surface area contributed by atoms with E-state index < -0.39 is 5.97 Å². The summed E-state index contributed by atoms with van der Waals surface area (Å²) in [7, 11) is 4.11. The molecular formula is C33H28N2O5S. The lowest BCUT2D eigenvalue weighted by Gasteiger charge is -2.17. The molecule has 8 heteroatoms. The molecule has 0 bridgehead atoms. The predicted molar refractivity (Wildman–Crippen MR) is 166 cm³/mol. The number of carbonyl (C=O) groups is 1. The Morgan fingerprint density at radius 1 is 0.854 bits per heavy atom. The lowest BCUT2D eigenvalue weighted by Crippen LogP contribution is -2.08. The maximum absolute atomic E-state index is 11.8. The van der Waals surface area contributed by atoms with Crippen molar-refractivity contribution in [1.82, 2.24) is 0 Å². The monoisotopic (exact) mass is 564 g/mol. The van der Waals surface area contributed by atoms with E-state index in [0.29, 0.717) is 33.4 Å². The number of fused-ring (bicyclic) bond motifs is 3. The Morgan fingerprint density at radius 3 is 2.32 bits per heavy atom. The second-order valence-electron chi connectivity index (χ2n) is 9.81. The molecule has 0 aromatic heterocycles. The molecular weight excluding hydrogens is 536 g/mol. The number of nitrogens with two attached hydrogens (primary N) is 1. The lowest BCUT2D eigenvalue weighted by molar-refractivity contribution is 0.0697. The number of aromatic carboxylic acids is 1. The van der Waals surface area contributed by atoms with Gasteiger partial charge in [-0.15, -0.1) is 0 Å². The molecule has 4 aromatic carbocycles. The predicted octanol–water partition coefficient (Wildman–Crippen LogP) is 7.15. The third-order valence-electron chi connectivity index (χ3n) is 6.82. The molecule has 4 N–H and O–H groups in total. The van der Waals surface area contributed by atoms with Crippen LogP contribution < -0.4 is 15.5 Å². The van der Waals surface area contributed by atoms with Gasteiger partial charge in [-0.2, -0.15) is 0 Å². The number of hydrogen-bond acceptors (Lipinski definition) is 7. The maximum atomic E-state index is 11.8. The molecule has 7 nitrogen and oxygen atoms in total. The summed E-state index contributed by atoms with van der Waals surface area (Å²) in [5, 5.41) is 28.2. The Balaban J connectivity index is 0.000000191. The second-order valence-corrected chi connectivity index (χ2v) is 10.5. The summed E-state index contributed by atoms with van der Waals surface area (Å²) < 4.78 is 5.79. The molecule has 206 valence electrons. The fraction of sp³-hybridized carbons (Fsp3) is 0.0909. The first kappa shape index (κ1) is 27.8. The van der Waals surface area contributed by atoms with Gasteiger partial charge in [0.2, 0.25) is 0 Å². The van der Waals surface area contributed by atoms with E-state index in [1.165, 1.54) is 52.7 Å². The SMILES string of the molecule is CN(C)c1cccc2c(SN)cccc12.Cc1ccc(-c2c3ccc(=O)cc-3oc3cc(O)ccc23)c(C(=O)O)c1. The van der Waals surface area contributed by atoms with Crippen molar-refractivity contribution in [2.75, 3.05) is 19.0 Å². The highest BCUT2D eigenvalue weighted by molar-refractivity contribution is 7.97. The van der Waals surface area contributed by atoms with Crippen LogP contribution in [0.15, 0.2) is 105 Å². The van der Waals surface area contributed by atoms with Gasteiger partial charge in [-0.1, -0.05) is 42.0 Å². The molecule has 0 saturated carbocycles. The number of phenolic OH excluding ortho intramolecular Hbond substituents is 1. The number of carboxylic acids is 1. The van der Waals surface area contributed by atoms with Crippen molar-refractivity contribution in [3.8, 4) is 28.2 Å². The summed E-state index contributed by atoms with van der Waals surface area (Å²) in [5.41, 5.74) is 4.19. The van der Waals surface area contributed by atoms with Crippen molar-refractivity contribution >= 4 is 45.3 Å². The number of carboxylic acid groups (broad SMARTS) is 1. The zero-order valence-electron chi connectivity index (χ0n) is 22.7. The lowest BCUT2D eigenvalue weighted by atomic mass is 9.90. The van der Waals surface area contributed by atoms with E-state index in [2.05, 4.69) is 43.3 Å². The van der Waals surface area contributed by atoms with E-state index in [9.17, 15) is 19.8 Å². The Labute approximate surface area is 240 Å². The van der Waals surface area contributed by atoms with Gasteiger partial charge in [-0.25, -0.2) is 4.79 Å². The minimum Gasteiger partial charge on any atom is -0.508 e. The molecule has 41 heavy (non-hydrogen) atoms. The van der Waals surface area contributed by atoms with Gasteiger partial charge < -0.3 is 19.5 Å². The van der Waals surface area contributed by atoms with Gasteiger partial charge in [0, 0.05) is 58.7 Å². The van der Waals surface area contributed by atoms with E-state index in [1.807, 2.05) is 25.1 Å². The molecule has 0 spiro atoms. The Hall–Kier alpha value is -4.79. The average molecular weight is 565 g/mol. The second kappa shape index (κ2) is 11.4. The van der Waals surface area contributed by atoms with Crippen LogP contribution in [-0.4, -0.2) is 30.3 Å². The van der Waals surface area contributed by atoms with Crippen LogP contribution in [0.1, 0.15) is 15.9 Å². The van der Waals surface area contributed by atoms with Crippen LogP contribution in [-0.2, 0) is 0 Å². The van der Waals surface area contributed by atoms with Crippen LogP contribution in [0.2, 0.25) is 0 Å². The Kier molecular flexibility index (Phi) is 7.70. The van der Waals surface area contributed by atoms with Gasteiger partial charge in [-0.05, 0) is 72.3 Å². The van der Waals surface area contributed by atoms with Gasteiger partial charge in [0.05, 0.1) is 5.56 Å². The summed E-state index contributed by atoms with van der Waals surface area (Å²) in [6.45, 7) is 1.83. The van der Waals surface area contributed by atoms with Crippen LogP contribution in [0.4, 0.5) is 5.69 Å². The minimum absolute atomic E-state index is 0.0205. The molecule has 6 rings (SSSR count). The van der Waals surface area contributed by atoms with Gasteiger partial charge in [0.25, 0.3) is 0 Å². The van der Waals surface area contributed by atoms with Gasteiger partial charge in [-0.3, -0.25) is 9.93 Å². The smallest absolute Gasteiger partial charge is 0.336 e. The summed E-state index contributed by atoms with van der Waals surface area (Å²) in [4.78, 5) is 26.8. The molecule has 0 radical (unpaired) electrons. The molecule has 1 heterocycles. The number of nitrogens with zero attached hydrogens (tertiary/aromatic N) is 1. The number of phenols is 1. The topological polar surface area (TPSA) is 117 Å². The van der Waals surface area contributed by atoms with Crippen molar-refractivity contribution in [3.05, 3.63) is 112 Å². The first-order valence-corrected chi connectivity index (χ1v) is 13.7. The molecule has 0 atom stereocenters. The normalized spacial score (nSPS) is 10.9. The van der Waals surface area contributed by atoms with Crippen LogP contribution in [0.5, 0.6) is 5.75 Å². The summed E-state index contributed by atoms with van der Waals surface area (Å²) >= 11 is 1.30.